The normalized spacial score (nSPS) is 20.8. The van der Waals surface area contributed by atoms with Crippen LogP contribution < -0.4 is 4.90 Å². The molecule has 3 rings (SSSR count). The van der Waals surface area contributed by atoms with Crippen LogP contribution in [0.2, 0.25) is 0 Å². The Balaban J connectivity index is 1.60. The topological polar surface area (TPSA) is 36.4 Å². The van der Waals surface area contributed by atoms with E-state index in [9.17, 15) is 18.0 Å². The van der Waals surface area contributed by atoms with E-state index >= 15 is 0 Å². The van der Waals surface area contributed by atoms with Gasteiger partial charge in [-0.25, -0.2) is 4.98 Å². The van der Waals surface area contributed by atoms with E-state index in [1.807, 2.05) is 9.80 Å². The van der Waals surface area contributed by atoms with Gasteiger partial charge in [-0.3, -0.25) is 4.79 Å². The van der Waals surface area contributed by atoms with Crippen molar-refractivity contribution in [2.75, 3.05) is 24.5 Å². The van der Waals surface area contributed by atoms with E-state index in [0.717, 1.165) is 38.1 Å². The van der Waals surface area contributed by atoms with Crippen LogP contribution in [0.4, 0.5) is 19.0 Å². The molecule has 2 saturated heterocycles. The molecule has 1 aromatic rings. The largest absolute Gasteiger partial charge is 0.417 e. The Bertz CT molecular complexity index is 536. The van der Waals surface area contributed by atoms with Crippen LogP contribution in [0.1, 0.15) is 31.2 Å². The molecule has 2 aliphatic rings. The Hall–Kier alpha value is -1.79. The molecule has 0 N–H and O–H groups in total. The van der Waals surface area contributed by atoms with Gasteiger partial charge >= 0.3 is 6.18 Å². The molecule has 0 spiro atoms. The molecule has 7 heteroatoms. The summed E-state index contributed by atoms with van der Waals surface area (Å²) in [7, 11) is 0. The average Bonchev–Trinajstić information content (AvgIpc) is 2.93. The molecule has 0 bridgehead atoms. The minimum atomic E-state index is -4.35. The van der Waals surface area contributed by atoms with Gasteiger partial charge in [0, 0.05) is 38.3 Å². The Morgan fingerprint density at radius 2 is 1.86 bits per heavy atom. The zero-order valence-electron chi connectivity index (χ0n) is 12.1. The molecular weight excluding hydrogens is 295 g/mol. The fourth-order valence-electron chi connectivity index (χ4n) is 3.20. The maximum absolute atomic E-state index is 12.5. The van der Waals surface area contributed by atoms with Gasteiger partial charge in [0.25, 0.3) is 0 Å². The second-order valence-corrected chi connectivity index (χ2v) is 5.81. The van der Waals surface area contributed by atoms with E-state index in [-0.39, 0.29) is 11.9 Å². The summed E-state index contributed by atoms with van der Waals surface area (Å²) in [5, 5.41) is 0. The van der Waals surface area contributed by atoms with Crippen molar-refractivity contribution in [2.45, 2.75) is 37.9 Å². The van der Waals surface area contributed by atoms with Crippen molar-refractivity contribution in [1.82, 2.24) is 9.88 Å². The number of hydrogen-bond acceptors (Lipinski definition) is 3. The van der Waals surface area contributed by atoms with Gasteiger partial charge in [0.2, 0.25) is 5.91 Å². The van der Waals surface area contributed by atoms with E-state index in [1.165, 1.54) is 6.07 Å². The highest BCUT2D eigenvalue weighted by Crippen LogP contribution is 2.30. The number of anilines is 1. The van der Waals surface area contributed by atoms with Crippen LogP contribution >= 0.6 is 0 Å². The Labute approximate surface area is 126 Å². The van der Waals surface area contributed by atoms with Crippen molar-refractivity contribution < 1.29 is 18.0 Å². The smallest absolute Gasteiger partial charge is 0.356 e. The highest BCUT2D eigenvalue weighted by molar-refractivity contribution is 5.78. The summed E-state index contributed by atoms with van der Waals surface area (Å²) in [6.07, 6.45) is -0.219. The Morgan fingerprint density at radius 1 is 1.14 bits per heavy atom. The molecule has 120 valence electrons. The minimum absolute atomic E-state index is 0.228. The molecule has 22 heavy (non-hydrogen) atoms. The number of alkyl halides is 3. The summed E-state index contributed by atoms with van der Waals surface area (Å²) in [4.78, 5) is 19.6. The van der Waals surface area contributed by atoms with Crippen LogP contribution in [0.15, 0.2) is 18.3 Å². The molecule has 3 heterocycles. The van der Waals surface area contributed by atoms with E-state index in [1.54, 1.807) is 0 Å². The van der Waals surface area contributed by atoms with Crippen LogP contribution in [0.5, 0.6) is 0 Å². The standard InChI is InChI=1S/C15H18F3N3O/c16-15(17,18)11-3-4-13(19-10-11)20-8-5-12(6-9-20)21-7-1-2-14(21)22/h3-4,10,12H,1-2,5-9H2. The van der Waals surface area contributed by atoms with Crippen LogP contribution in [-0.2, 0) is 11.0 Å². The van der Waals surface area contributed by atoms with Crippen LogP contribution in [-0.4, -0.2) is 41.5 Å². The minimum Gasteiger partial charge on any atom is -0.356 e. The van der Waals surface area contributed by atoms with Gasteiger partial charge in [-0.05, 0) is 31.4 Å². The molecule has 0 aliphatic carbocycles. The van der Waals surface area contributed by atoms with Gasteiger partial charge in [0.05, 0.1) is 5.56 Å². The molecule has 1 aromatic heterocycles. The molecule has 0 radical (unpaired) electrons. The van der Waals surface area contributed by atoms with Crippen LogP contribution in [0.3, 0.4) is 0 Å². The first-order valence-electron chi connectivity index (χ1n) is 7.53. The molecule has 4 nitrogen and oxygen atoms in total. The number of piperidine rings is 1. The highest BCUT2D eigenvalue weighted by atomic mass is 19.4. The number of rotatable bonds is 2. The first-order valence-corrected chi connectivity index (χ1v) is 7.53. The molecule has 0 atom stereocenters. The zero-order valence-corrected chi connectivity index (χ0v) is 12.1. The molecule has 0 aromatic carbocycles. The van der Waals surface area contributed by atoms with Crippen molar-refractivity contribution in [3.05, 3.63) is 23.9 Å². The third-order valence-corrected chi connectivity index (χ3v) is 4.41. The number of aromatic nitrogens is 1. The number of carbonyl (C=O) groups excluding carboxylic acids is 1. The number of nitrogens with zero attached hydrogens (tertiary/aromatic N) is 3. The van der Waals surface area contributed by atoms with E-state index < -0.39 is 11.7 Å². The summed E-state index contributed by atoms with van der Waals surface area (Å²) < 4.78 is 37.6. The molecule has 1 amide bonds. The van der Waals surface area contributed by atoms with Crippen molar-refractivity contribution in [3.63, 3.8) is 0 Å². The lowest BCUT2D eigenvalue weighted by Crippen LogP contribution is -2.45. The van der Waals surface area contributed by atoms with Crippen molar-refractivity contribution >= 4 is 11.7 Å². The molecule has 0 unspecified atom stereocenters. The lowest BCUT2D eigenvalue weighted by Gasteiger charge is -2.37. The maximum Gasteiger partial charge on any atom is 0.417 e. The summed E-state index contributed by atoms with van der Waals surface area (Å²) >= 11 is 0. The van der Waals surface area contributed by atoms with Crippen molar-refractivity contribution in [2.24, 2.45) is 0 Å². The fraction of sp³-hybridized carbons (Fsp3) is 0.600. The predicted octanol–water partition coefficient (Wildman–Crippen LogP) is 2.69. The van der Waals surface area contributed by atoms with Crippen molar-refractivity contribution in [3.8, 4) is 0 Å². The van der Waals surface area contributed by atoms with Crippen LogP contribution in [0, 0.1) is 0 Å². The monoisotopic (exact) mass is 313 g/mol. The van der Waals surface area contributed by atoms with Crippen LogP contribution in [0.25, 0.3) is 0 Å². The third kappa shape index (κ3) is 3.03. The number of carbonyl (C=O) groups is 1. The first-order chi connectivity index (χ1) is 10.4. The maximum atomic E-state index is 12.5. The Morgan fingerprint density at radius 3 is 2.36 bits per heavy atom. The van der Waals surface area contributed by atoms with Crippen molar-refractivity contribution in [1.29, 1.82) is 0 Å². The third-order valence-electron chi connectivity index (χ3n) is 4.41. The summed E-state index contributed by atoms with van der Waals surface area (Å²) in [5.74, 6) is 0.797. The average molecular weight is 313 g/mol. The number of amides is 1. The summed E-state index contributed by atoms with van der Waals surface area (Å²) in [6.45, 7) is 2.27. The second kappa shape index (κ2) is 5.78. The lowest BCUT2D eigenvalue weighted by atomic mass is 10.0. The number of hydrogen-bond donors (Lipinski definition) is 0. The van der Waals surface area contributed by atoms with Gasteiger partial charge in [-0.15, -0.1) is 0 Å². The van der Waals surface area contributed by atoms with Gasteiger partial charge in [-0.2, -0.15) is 13.2 Å². The SMILES string of the molecule is O=C1CCCN1C1CCN(c2ccc(C(F)(F)F)cn2)CC1. The van der Waals surface area contributed by atoms with Gasteiger partial charge in [0.1, 0.15) is 5.82 Å². The summed E-state index contributed by atoms with van der Waals surface area (Å²) in [6, 6.07) is 2.75. The van der Waals surface area contributed by atoms with Gasteiger partial charge in [0.15, 0.2) is 0 Å². The second-order valence-electron chi connectivity index (χ2n) is 5.81. The summed E-state index contributed by atoms with van der Waals surface area (Å²) in [5.41, 5.74) is -0.728. The molecule has 2 fully saturated rings. The van der Waals surface area contributed by atoms with E-state index in [0.29, 0.717) is 25.3 Å². The van der Waals surface area contributed by atoms with Gasteiger partial charge < -0.3 is 9.80 Å². The van der Waals surface area contributed by atoms with Gasteiger partial charge in [-0.1, -0.05) is 0 Å². The molecule has 0 saturated carbocycles. The molecular formula is C15H18F3N3O. The quantitative estimate of drug-likeness (QED) is 0.842. The highest BCUT2D eigenvalue weighted by Gasteiger charge is 2.32. The predicted molar refractivity (Wildman–Crippen MR) is 75.4 cm³/mol. The number of halogens is 3. The Kier molecular flexibility index (Phi) is 3.97. The van der Waals surface area contributed by atoms with E-state index in [4.69, 9.17) is 0 Å². The van der Waals surface area contributed by atoms with E-state index in [2.05, 4.69) is 4.98 Å². The fourth-order valence-corrected chi connectivity index (χ4v) is 3.20. The molecule has 2 aliphatic heterocycles. The zero-order chi connectivity index (χ0) is 15.7. The number of pyridine rings is 1. The first kappa shape index (κ1) is 15.1. The number of likely N-dealkylation sites (tertiary alicyclic amines) is 1. The lowest BCUT2D eigenvalue weighted by molar-refractivity contribution is -0.137.